The fourth-order valence-corrected chi connectivity index (χ4v) is 4.36. The maximum Gasteiger partial charge on any atom is 0.339 e. The van der Waals surface area contributed by atoms with E-state index in [4.69, 9.17) is 30.6 Å². The second-order valence-corrected chi connectivity index (χ2v) is 10.2. The van der Waals surface area contributed by atoms with E-state index in [0.717, 1.165) is 32.4 Å². The Hall–Kier alpha value is -5.84. The SMILES string of the molecule is NC(=O)N(Cc1ccc(Oc2cccc(Oc3ccc(CN(OCc4ccccc4)C(N)=O)cc3)c2)cc1)OCc1ccccc1. The van der Waals surface area contributed by atoms with Crippen LogP contribution in [0.15, 0.2) is 133 Å². The first-order chi connectivity index (χ1) is 22.4. The lowest BCUT2D eigenvalue weighted by Gasteiger charge is -2.20. The van der Waals surface area contributed by atoms with Gasteiger partial charge in [-0.3, -0.25) is 9.68 Å². The third-order valence-corrected chi connectivity index (χ3v) is 6.73. The van der Waals surface area contributed by atoms with Crippen molar-refractivity contribution in [2.24, 2.45) is 11.5 Å². The van der Waals surface area contributed by atoms with Crippen molar-refractivity contribution in [1.29, 1.82) is 0 Å². The molecule has 10 nitrogen and oxygen atoms in total. The van der Waals surface area contributed by atoms with Crippen molar-refractivity contribution < 1.29 is 28.7 Å². The standard InChI is InChI=1S/C36H34N4O6/c37-35(41)39(43-25-29-8-3-1-4-9-29)23-27-14-18-31(19-15-27)45-33-12-7-13-34(22-33)46-32-20-16-28(17-21-32)24-40(36(38)42)44-26-30-10-5-2-6-11-30/h1-22H,23-26H2,(H2,37,41)(H2,38,42). The molecule has 0 radical (unpaired) electrons. The third-order valence-electron chi connectivity index (χ3n) is 6.73. The number of nitrogens with two attached hydrogens (primary N) is 2. The summed E-state index contributed by atoms with van der Waals surface area (Å²) < 4.78 is 12.1. The molecule has 5 aromatic rings. The van der Waals surface area contributed by atoms with Crippen molar-refractivity contribution in [2.45, 2.75) is 26.3 Å². The zero-order chi connectivity index (χ0) is 32.1. The number of rotatable bonds is 14. The monoisotopic (exact) mass is 618 g/mol. The van der Waals surface area contributed by atoms with E-state index in [1.54, 1.807) is 30.3 Å². The second-order valence-electron chi connectivity index (χ2n) is 10.2. The minimum atomic E-state index is -0.678. The Bertz CT molecular complexity index is 1580. The lowest BCUT2D eigenvalue weighted by molar-refractivity contribution is -0.132. The molecule has 0 saturated heterocycles. The number of benzene rings is 5. The molecule has 4 N–H and O–H groups in total. The number of hydrogen-bond acceptors (Lipinski definition) is 6. The molecule has 5 aromatic carbocycles. The molecule has 46 heavy (non-hydrogen) atoms. The molecule has 10 heteroatoms. The molecule has 0 unspecified atom stereocenters. The van der Waals surface area contributed by atoms with Crippen LogP contribution in [0, 0.1) is 0 Å². The van der Waals surface area contributed by atoms with Gasteiger partial charge in [-0.15, -0.1) is 0 Å². The number of urea groups is 2. The summed E-state index contributed by atoms with van der Waals surface area (Å²) in [6.07, 6.45) is 0. The van der Waals surface area contributed by atoms with Crippen LogP contribution in [0.5, 0.6) is 23.0 Å². The first-order valence-corrected chi connectivity index (χ1v) is 14.5. The highest BCUT2D eigenvalue weighted by Crippen LogP contribution is 2.29. The molecule has 0 aliphatic carbocycles. The fraction of sp³-hybridized carbons (Fsp3) is 0.111. The highest BCUT2D eigenvalue weighted by Gasteiger charge is 2.14. The van der Waals surface area contributed by atoms with Crippen LogP contribution in [-0.2, 0) is 36.0 Å². The molecule has 0 bridgehead atoms. The average Bonchev–Trinajstić information content (AvgIpc) is 3.07. The molecule has 0 heterocycles. The average molecular weight is 619 g/mol. The van der Waals surface area contributed by atoms with Gasteiger partial charge in [0.1, 0.15) is 36.2 Å². The Labute approximate surface area is 267 Å². The number of nitrogens with zero attached hydrogens (tertiary/aromatic N) is 2. The van der Waals surface area contributed by atoms with Crippen molar-refractivity contribution in [2.75, 3.05) is 0 Å². The number of carbonyl (C=O) groups is 2. The topological polar surface area (TPSA) is 130 Å². The highest BCUT2D eigenvalue weighted by atomic mass is 16.7. The Balaban J connectivity index is 1.13. The molecule has 0 aliphatic rings. The van der Waals surface area contributed by atoms with E-state index >= 15 is 0 Å². The van der Waals surface area contributed by atoms with Gasteiger partial charge in [0, 0.05) is 6.07 Å². The van der Waals surface area contributed by atoms with E-state index in [1.165, 1.54) is 0 Å². The summed E-state index contributed by atoms with van der Waals surface area (Å²) in [5.74, 6) is 2.38. The van der Waals surface area contributed by atoms with Crippen molar-refractivity contribution in [1.82, 2.24) is 10.1 Å². The molecule has 0 fully saturated rings. The smallest absolute Gasteiger partial charge is 0.339 e. The summed E-state index contributed by atoms with van der Waals surface area (Å²) in [6, 6.07) is 39.5. The molecule has 0 aromatic heterocycles. The normalized spacial score (nSPS) is 10.6. The number of hydrogen-bond donors (Lipinski definition) is 2. The van der Waals surface area contributed by atoms with Crippen molar-refractivity contribution >= 4 is 12.1 Å². The van der Waals surface area contributed by atoms with Crippen LogP contribution >= 0.6 is 0 Å². The number of ether oxygens (including phenoxy) is 2. The lowest BCUT2D eigenvalue weighted by Crippen LogP contribution is -2.35. The van der Waals surface area contributed by atoms with Crippen LogP contribution < -0.4 is 20.9 Å². The minimum absolute atomic E-state index is 0.186. The Kier molecular flexibility index (Phi) is 10.8. The van der Waals surface area contributed by atoms with E-state index in [1.807, 2.05) is 103 Å². The predicted molar refractivity (Wildman–Crippen MR) is 172 cm³/mol. The lowest BCUT2D eigenvalue weighted by atomic mass is 10.2. The van der Waals surface area contributed by atoms with E-state index < -0.39 is 12.1 Å². The van der Waals surface area contributed by atoms with E-state index in [-0.39, 0.29) is 26.3 Å². The fourth-order valence-electron chi connectivity index (χ4n) is 4.36. The Morgan fingerprint density at radius 2 is 0.848 bits per heavy atom. The minimum Gasteiger partial charge on any atom is -0.457 e. The van der Waals surface area contributed by atoms with Crippen LogP contribution in [0.2, 0.25) is 0 Å². The number of primary amides is 2. The first kappa shape index (κ1) is 31.6. The Morgan fingerprint density at radius 3 is 1.22 bits per heavy atom. The summed E-state index contributed by atoms with van der Waals surface area (Å²) in [6.45, 7) is 0.828. The first-order valence-electron chi connectivity index (χ1n) is 14.5. The molecule has 5 rings (SSSR count). The van der Waals surface area contributed by atoms with Crippen LogP contribution in [0.3, 0.4) is 0 Å². The predicted octanol–water partition coefficient (Wildman–Crippen LogP) is 7.30. The molecule has 0 aliphatic heterocycles. The molecule has 4 amide bonds. The van der Waals surface area contributed by atoms with Crippen LogP contribution in [0.1, 0.15) is 22.3 Å². The molecule has 0 spiro atoms. The van der Waals surface area contributed by atoms with Gasteiger partial charge in [-0.1, -0.05) is 91.0 Å². The molecular weight excluding hydrogens is 584 g/mol. The van der Waals surface area contributed by atoms with Gasteiger partial charge in [-0.2, -0.15) is 10.1 Å². The molecule has 0 saturated carbocycles. The maximum atomic E-state index is 11.9. The zero-order valence-electron chi connectivity index (χ0n) is 25.0. The van der Waals surface area contributed by atoms with Crippen molar-refractivity contribution in [3.05, 3.63) is 156 Å². The summed E-state index contributed by atoms with van der Waals surface area (Å²) in [5.41, 5.74) is 14.5. The summed E-state index contributed by atoms with van der Waals surface area (Å²) in [4.78, 5) is 35.1. The Morgan fingerprint density at radius 1 is 0.457 bits per heavy atom. The molecular formula is C36H34N4O6. The van der Waals surface area contributed by atoms with Gasteiger partial charge in [-0.05, 0) is 58.7 Å². The van der Waals surface area contributed by atoms with E-state index in [9.17, 15) is 9.59 Å². The quantitative estimate of drug-likeness (QED) is 0.126. The molecule has 0 atom stereocenters. The maximum absolute atomic E-state index is 11.9. The van der Waals surface area contributed by atoms with Gasteiger partial charge in [-0.25, -0.2) is 9.59 Å². The van der Waals surface area contributed by atoms with Gasteiger partial charge < -0.3 is 20.9 Å². The number of amides is 4. The van der Waals surface area contributed by atoms with Gasteiger partial charge in [0.2, 0.25) is 0 Å². The van der Waals surface area contributed by atoms with Crippen LogP contribution in [0.4, 0.5) is 9.59 Å². The van der Waals surface area contributed by atoms with Crippen molar-refractivity contribution in [3.8, 4) is 23.0 Å². The van der Waals surface area contributed by atoms with Crippen molar-refractivity contribution in [3.63, 3.8) is 0 Å². The second kappa shape index (κ2) is 15.8. The van der Waals surface area contributed by atoms with Gasteiger partial charge in [0.15, 0.2) is 0 Å². The number of hydroxylamine groups is 4. The van der Waals surface area contributed by atoms with E-state index in [2.05, 4.69) is 0 Å². The summed E-state index contributed by atoms with van der Waals surface area (Å²) in [5, 5.41) is 2.26. The molecule has 234 valence electrons. The van der Waals surface area contributed by atoms with Gasteiger partial charge in [0.05, 0.1) is 13.1 Å². The number of carbonyl (C=O) groups excluding carboxylic acids is 2. The summed E-state index contributed by atoms with van der Waals surface area (Å²) >= 11 is 0. The third kappa shape index (κ3) is 9.58. The van der Waals surface area contributed by atoms with Crippen LogP contribution in [-0.4, -0.2) is 22.2 Å². The summed E-state index contributed by atoms with van der Waals surface area (Å²) in [7, 11) is 0. The zero-order valence-corrected chi connectivity index (χ0v) is 25.0. The van der Waals surface area contributed by atoms with Gasteiger partial charge in [0.25, 0.3) is 0 Å². The highest BCUT2D eigenvalue weighted by molar-refractivity contribution is 5.71. The largest absolute Gasteiger partial charge is 0.457 e. The van der Waals surface area contributed by atoms with Crippen LogP contribution in [0.25, 0.3) is 0 Å². The van der Waals surface area contributed by atoms with E-state index in [0.29, 0.717) is 23.0 Å². The van der Waals surface area contributed by atoms with Gasteiger partial charge >= 0.3 is 12.1 Å².